The van der Waals surface area contributed by atoms with Crippen molar-refractivity contribution in [1.82, 2.24) is 4.90 Å². The summed E-state index contributed by atoms with van der Waals surface area (Å²) in [6.45, 7) is 5.10. The van der Waals surface area contributed by atoms with Gasteiger partial charge in [0.1, 0.15) is 0 Å². The SMILES string of the molecule is CC1CCC(CN(CCN)C2CCCC2)O1. The van der Waals surface area contributed by atoms with Crippen LogP contribution in [0.15, 0.2) is 0 Å². The molecule has 2 fully saturated rings. The highest BCUT2D eigenvalue weighted by Gasteiger charge is 2.28. The van der Waals surface area contributed by atoms with Crippen molar-refractivity contribution >= 4 is 0 Å². The topological polar surface area (TPSA) is 38.5 Å². The van der Waals surface area contributed by atoms with E-state index >= 15 is 0 Å². The Morgan fingerprint density at radius 1 is 1.19 bits per heavy atom. The van der Waals surface area contributed by atoms with Gasteiger partial charge in [-0.15, -0.1) is 0 Å². The van der Waals surface area contributed by atoms with E-state index in [9.17, 15) is 0 Å². The van der Waals surface area contributed by atoms with Gasteiger partial charge >= 0.3 is 0 Å². The van der Waals surface area contributed by atoms with E-state index < -0.39 is 0 Å². The van der Waals surface area contributed by atoms with E-state index in [0.717, 1.165) is 25.7 Å². The lowest BCUT2D eigenvalue weighted by atomic mass is 10.1. The number of nitrogens with zero attached hydrogens (tertiary/aromatic N) is 1. The molecule has 3 heteroatoms. The van der Waals surface area contributed by atoms with Gasteiger partial charge in [-0.2, -0.15) is 0 Å². The normalized spacial score (nSPS) is 31.7. The molecule has 0 amide bonds. The smallest absolute Gasteiger partial charge is 0.0706 e. The molecule has 1 heterocycles. The zero-order valence-electron chi connectivity index (χ0n) is 10.5. The van der Waals surface area contributed by atoms with Crippen molar-refractivity contribution < 1.29 is 4.74 Å². The largest absolute Gasteiger partial charge is 0.374 e. The summed E-state index contributed by atoms with van der Waals surface area (Å²) in [5, 5.41) is 0. The fourth-order valence-electron chi connectivity index (χ4n) is 3.14. The molecule has 0 radical (unpaired) electrons. The maximum atomic E-state index is 5.92. The quantitative estimate of drug-likeness (QED) is 0.776. The molecule has 0 spiro atoms. The molecule has 2 aliphatic rings. The van der Waals surface area contributed by atoms with Crippen molar-refractivity contribution in [2.24, 2.45) is 5.73 Å². The van der Waals surface area contributed by atoms with Gasteiger partial charge < -0.3 is 10.5 Å². The summed E-state index contributed by atoms with van der Waals surface area (Å²) < 4.78 is 5.92. The van der Waals surface area contributed by atoms with Crippen molar-refractivity contribution in [2.75, 3.05) is 19.6 Å². The Labute approximate surface area is 99.3 Å². The van der Waals surface area contributed by atoms with Crippen LogP contribution in [-0.4, -0.2) is 42.8 Å². The monoisotopic (exact) mass is 226 g/mol. The first-order valence-electron chi connectivity index (χ1n) is 6.89. The minimum absolute atomic E-state index is 0.460. The lowest BCUT2D eigenvalue weighted by Gasteiger charge is -2.30. The summed E-state index contributed by atoms with van der Waals surface area (Å²) in [4.78, 5) is 2.58. The van der Waals surface area contributed by atoms with Crippen molar-refractivity contribution in [2.45, 2.75) is 63.7 Å². The maximum absolute atomic E-state index is 5.92. The fraction of sp³-hybridized carbons (Fsp3) is 1.00. The molecular weight excluding hydrogens is 200 g/mol. The molecule has 2 atom stereocenters. The highest BCUT2D eigenvalue weighted by Crippen LogP contribution is 2.26. The maximum Gasteiger partial charge on any atom is 0.0706 e. The van der Waals surface area contributed by atoms with Crippen molar-refractivity contribution in [3.63, 3.8) is 0 Å². The van der Waals surface area contributed by atoms with Gasteiger partial charge in [0, 0.05) is 25.7 Å². The molecule has 16 heavy (non-hydrogen) atoms. The minimum atomic E-state index is 0.460. The number of hydrogen-bond donors (Lipinski definition) is 1. The third-order valence-electron chi connectivity index (χ3n) is 4.02. The van der Waals surface area contributed by atoms with Crippen LogP contribution < -0.4 is 5.73 Å². The van der Waals surface area contributed by atoms with Crippen LogP contribution in [0.2, 0.25) is 0 Å². The zero-order chi connectivity index (χ0) is 11.4. The molecule has 1 aliphatic heterocycles. The van der Waals surface area contributed by atoms with Crippen molar-refractivity contribution in [3.05, 3.63) is 0 Å². The first kappa shape index (κ1) is 12.3. The molecule has 1 aliphatic carbocycles. The van der Waals surface area contributed by atoms with Crippen molar-refractivity contribution in [3.8, 4) is 0 Å². The molecule has 0 bridgehead atoms. The molecule has 0 aromatic heterocycles. The first-order chi connectivity index (χ1) is 7.79. The number of hydrogen-bond acceptors (Lipinski definition) is 3. The van der Waals surface area contributed by atoms with E-state index in [1.54, 1.807) is 0 Å². The van der Waals surface area contributed by atoms with Gasteiger partial charge in [0.2, 0.25) is 0 Å². The average molecular weight is 226 g/mol. The molecule has 1 saturated carbocycles. The Bertz CT molecular complexity index is 204. The Balaban J connectivity index is 1.81. The van der Waals surface area contributed by atoms with Gasteiger partial charge in [0.25, 0.3) is 0 Å². The highest BCUT2D eigenvalue weighted by molar-refractivity contribution is 4.82. The van der Waals surface area contributed by atoms with Crippen LogP contribution in [0.5, 0.6) is 0 Å². The van der Waals surface area contributed by atoms with E-state index in [2.05, 4.69) is 11.8 Å². The van der Waals surface area contributed by atoms with E-state index in [1.807, 2.05) is 0 Å². The second-order valence-corrected chi connectivity index (χ2v) is 5.37. The summed E-state index contributed by atoms with van der Waals surface area (Å²) in [5.41, 5.74) is 5.72. The van der Waals surface area contributed by atoms with Gasteiger partial charge in [-0.05, 0) is 32.6 Å². The summed E-state index contributed by atoms with van der Waals surface area (Å²) in [5.74, 6) is 0. The molecule has 0 aromatic rings. The number of rotatable bonds is 5. The third-order valence-corrected chi connectivity index (χ3v) is 4.02. The second kappa shape index (κ2) is 5.99. The van der Waals surface area contributed by atoms with Gasteiger partial charge in [0.05, 0.1) is 12.2 Å². The van der Waals surface area contributed by atoms with Crippen LogP contribution in [0.4, 0.5) is 0 Å². The number of nitrogens with two attached hydrogens (primary N) is 1. The predicted octanol–water partition coefficient (Wildman–Crippen LogP) is 1.76. The van der Waals surface area contributed by atoms with Gasteiger partial charge in [0.15, 0.2) is 0 Å². The van der Waals surface area contributed by atoms with E-state index in [4.69, 9.17) is 10.5 Å². The molecule has 3 nitrogen and oxygen atoms in total. The average Bonchev–Trinajstić information content (AvgIpc) is 2.88. The standard InChI is InChI=1S/C13H26N2O/c1-11-6-7-13(16-11)10-15(9-8-14)12-4-2-3-5-12/h11-13H,2-10,14H2,1H3. The Hall–Kier alpha value is -0.120. The Morgan fingerprint density at radius 3 is 2.50 bits per heavy atom. The summed E-state index contributed by atoms with van der Waals surface area (Å²) in [6.07, 6.45) is 8.91. The predicted molar refractivity (Wildman–Crippen MR) is 66.5 cm³/mol. The first-order valence-corrected chi connectivity index (χ1v) is 6.89. The zero-order valence-corrected chi connectivity index (χ0v) is 10.5. The Morgan fingerprint density at radius 2 is 1.94 bits per heavy atom. The van der Waals surface area contributed by atoms with Gasteiger partial charge in [-0.1, -0.05) is 12.8 Å². The molecule has 1 saturated heterocycles. The summed E-state index contributed by atoms with van der Waals surface area (Å²) >= 11 is 0. The van der Waals surface area contributed by atoms with Crippen LogP contribution in [0.25, 0.3) is 0 Å². The third kappa shape index (κ3) is 3.19. The van der Waals surface area contributed by atoms with Crippen molar-refractivity contribution in [1.29, 1.82) is 0 Å². The lowest BCUT2D eigenvalue weighted by Crippen LogP contribution is -2.42. The molecule has 2 N–H and O–H groups in total. The molecule has 2 rings (SSSR count). The number of ether oxygens (including phenoxy) is 1. The van der Waals surface area contributed by atoms with E-state index in [1.165, 1.54) is 38.5 Å². The van der Waals surface area contributed by atoms with Crippen LogP contribution >= 0.6 is 0 Å². The van der Waals surface area contributed by atoms with E-state index in [-0.39, 0.29) is 0 Å². The molecular formula is C13H26N2O. The van der Waals surface area contributed by atoms with E-state index in [0.29, 0.717) is 12.2 Å². The summed E-state index contributed by atoms with van der Waals surface area (Å²) in [6, 6.07) is 0.781. The van der Waals surface area contributed by atoms with Crippen LogP contribution in [0.1, 0.15) is 45.4 Å². The minimum Gasteiger partial charge on any atom is -0.374 e. The molecule has 0 aromatic carbocycles. The second-order valence-electron chi connectivity index (χ2n) is 5.37. The Kier molecular flexibility index (Phi) is 4.62. The van der Waals surface area contributed by atoms with Crippen LogP contribution in [0.3, 0.4) is 0 Å². The highest BCUT2D eigenvalue weighted by atomic mass is 16.5. The van der Waals surface area contributed by atoms with Crippen LogP contribution in [0, 0.1) is 0 Å². The summed E-state index contributed by atoms with van der Waals surface area (Å²) in [7, 11) is 0. The fourth-order valence-corrected chi connectivity index (χ4v) is 3.14. The lowest BCUT2D eigenvalue weighted by molar-refractivity contribution is 0.0226. The van der Waals surface area contributed by atoms with Gasteiger partial charge in [-0.25, -0.2) is 0 Å². The molecule has 94 valence electrons. The van der Waals surface area contributed by atoms with Gasteiger partial charge in [-0.3, -0.25) is 4.90 Å². The van der Waals surface area contributed by atoms with Crippen LogP contribution in [-0.2, 0) is 4.74 Å². The molecule has 2 unspecified atom stereocenters.